The molecule has 0 radical (unpaired) electrons. The number of benzene rings is 1. The standard InChI is InChI=1S/C16H21N5OS/c1-2-12(13-6-4-3-5-7-13)10-17-15(22)11-23-16-18-19-20-21(16)14-8-9-14/h3-7,12,14H,2,8-11H2,1H3,(H,17,22). The van der Waals surface area contributed by atoms with Crippen LogP contribution in [0.3, 0.4) is 0 Å². The Bertz CT molecular complexity index is 641. The second kappa shape index (κ2) is 7.59. The van der Waals surface area contributed by atoms with Crippen molar-refractivity contribution in [2.45, 2.75) is 43.3 Å². The topological polar surface area (TPSA) is 72.7 Å². The molecule has 122 valence electrons. The van der Waals surface area contributed by atoms with Gasteiger partial charge in [-0.2, -0.15) is 0 Å². The Morgan fingerprint density at radius 1 is 1.39 bits per heavy atom. The van der Waals surface area contributed by atoms with Crippen LogP contribution in [0.15, 0.2) is 35.5 Å². The normalized spacial score (nSPS) is 15.3. The van der Waals surface area contributed by atoms with Crippen LogP contribution in [0.25, 0.3) is 0 Å². The van der Waals surface area contributed by atoms with Gasteiger partial charge >= 0.3 is 0 Å². The predicted octanol–water partition coefficient (Wildman–Crippen LogP) is 2.41. The van der Waals surface area contributed by atoms with Gasteiger partial charge in [0.1, 0.15) is 0 Å². The number of nitrogens with one attached hydrogen (secondary N) is 1. The van der Waals surface area contributed by atoms with Crippen molar-refractivity contribution in [2.24, 2.45) is 0 Å². The summed E-state index contributed by atoms with van der Waals surface area (Å²) in [6.07, 6.45) is 3.25. The lowest BCUT2D eigenvalue weighted by Crippen LogP contribution is -2.29. The van der Waals surface area contributed by atoms with E-state index in [2.05, 4.69) is 39.9 Å². The number of amides is 1. The number of carbonyl (C=O) groups is 1. The molecule has 1 N–H and O–H groups in total. The van der Waals surface area contributed by atoms with Crippen molar-refractivity contribution in [3.63, 3.8) is 0 Å². The van der Waals surface area contributed by atoms with Crippen LogP contribution in [0.5, 0.6) is 0 Å². The number of hydrogen-bond acceptors (Lipinski definition) is 5. The molecule has 0 bridgehead atoms. The molecule has 1 saturated carbocycles. The molecule has 1 fully saturated rings. The van der Waals surface area contributed by atoms with E-state index in [4.69, 9.17) is 0 Å². The second-order valence-electron chi connectivity index (χ2n) is 5.75. The third-order valence-corrected chi connectivity index (χ3v) is 4.93. The van der Waals surface area contributed by atoms with Crippen LogP contribution in [0.2, 0.25) is 0 Å². The van der Waals surface area contributed by atoms with E-state index in [0.29, 0.717) is 24.3 Å². The molecule has 0 saturated heterocycles. The number of thioether (sulfide) groups is 1. The molecule has 2 aromatic rings. The van der Waals surface area contributed by atoms with Crippen LogP contribution < -0.4 is 5.32 Å². The number of aromatic nitrogens is 4. The molecule has 1 aliphatic carbocycles. The van der Waals surface area contributed by atoms with Gasteiger partial charge in [0.2, 0.25) is 11.1 Å². The van der Waals surface area contributed by atoms with E-state index in [0.717, 1.165) is 24.4 Å². The summed E-state index contributed by atoms with van der Waals surface area (Å²) >= 11 is 1.40. The van der Waals surface area contributed by atoms with Gasteiger partial charge in [0.15, 0.2) is 0 Å². The minimum absolute atomic E-state index is 0.0229. The molecule has 23 heavy (non-hydrogen) atoms. The molecule has 6 nitrogen and oxygen atoms in total. The van der Waals surface area contributed by atoms with E-state index in [-0.39, 0.29) is 5.91 Å². The lowest BCUT2D eigenvalue weighted by atomic mass is 9.96. The van der Waals surface area contributed by atoms with Crippen molar-refractivity contribution in [3.05, 3.63) is 35.9 Å². The van der Waals surface area contributed by atoms with Gasteiger partial charge in [-0.1, -0.05) is 49.0 Å². The molecule has 1 atom stereocenters. The molecular formula is C16H21N5OS. The largest absolute Gasteiger partial charge is 0.355 e. The summed E-state index contributed by atoms with van der Waals surface area (Å²) in [6, 6.07) is 10.7. The SMILES string of the molecule is CCC(CNC(=O)CSc1nnnn1C1CC1)c1ccccc1. The van der Waals surface area contributed by atoms with Crippen LogP contribution in [0.4, 0.5) is 0 Å². The Morgan fingerprint density at radius 2 is 2.17 bits per heavy atom. The number of tetrazole rings is 1. The van der Waals surface area contributed by atoms with E-state index >= 15 is 0 Å². The van der Waals surface area contributed by atoms with E-state index < -0.39 is 0 Å². The number of rotatable bonds is 8. The van der Waals surface area contributed by atoms with Crippen molar-refractivity contribution < 1.29 is 4.79 Å². The molecule has 3 rings (SSSR count). The Morgan fingerprint density at radius 3 is 2.87 bits per heavy atom. The van der Waals surface area contributed by atoms with E-state index in [9.17, 15) is 4.79 Å². The molecule has 1 amide bonds. The zero-order chi connectivity index (χ0) is 16.1. The highest BCUT2D eigenvalue weighted by molar-refractivity contribution is 7.99. The van der Waals surface area contributed by atoms with Gasteiger partial charge in [0.05, 0.1) is 11.8 Å². The highest BCUT2D eigenvalue weighted by atomic mass is 32.2. The van der Waals surface area contributed by atoms with Crippen LogP contribution >= 0.6 is 11.8 Å². The maximum Gasteiger partial charge on any atom is 0.230 e. The van der Waals surface area contributed by atoms with Crippen LogP contribution in [-0.4, -0.2) is 38.4 Å². The quantitative estimate of drug-likeness (QED) is 0.752. The Kier molecular flexibility index (Phi) is 5.27. The van der Waals surface area contributed by atoms with Crippen molar-refractivity contribution in [3.8, 4) is 0 Å². The fourth-order valence-electron chi connectivity index (χ4n) is 2.47. The van der Waals surface area contributed by atoms with Gasteiger partial charge in [0.25, 0.3) is 0 Å². The summed E-state index contributed by atoms with van der Waals surface area (Å²) in [5, 5.41) is 15.4. The highest BCUT2D eigenvalue weighted by Gasteiger charge is 2.28. The van der Waals surface area contributed by atoms with Crippen molar-refractivity contribution >= 4 is 17.7 Å². The highest BCUT2D eigenvalue weighted by Crippen LogP contribution is 2.36. The molecule has 1 aromatic heterocycles. The Balaban J connectivity index is 1.46. The first-order valence-electron chi connectivity index (χ1n) is 8.00. The molecule has 0 aliphatic heterocycles. The van der Waals surface area contributed by atoms with Gasteiger partial charge in [-0.3, -0.25) is 4.79 Å². The fraction of sp³-hybridized carbons (Fsp3) is 0.500. The van der Waals surface area contributed by atoms with Gasteiger partial charge in [-0.05, 0) is 35.3 Å². The minimum Gasteiger partial charge on any atom is -0.355 e. The van der Waals surface area contributed by atoms with Crippen molar-refractivity contribution in [1.29, 1.82) is 0 Å². The van der Waals surface area contributed by atoms with E-state index in [1.54, 1.807) is 0 Å². The number of nitrogens with zero attached hydrogens (tertiary/aromatic N) is 4. The van der Waals surface area contributed by atoms with Crippen LogP contribution in [0.1, 0.15) is 43.7 Å². The fourth-order valence-corrected chi connectivity index (χ4v) is 3.24. The van der Waals surface area contributed by atoms with Crippen LogP contribution in [-0.2, 0) is 4.79 Å². The minimum atomic E-state index is 0.0229. The zero-order valence-corrected chi connectivity index (χ0v) is 14.0. The summed E-state index contributed by atoms with van der Waals surface area (Å²) in [5.41, 5.74) is 1.26. The maximum absolute atomic E-state index is 12.1. The number of carbonyl (C=O) groups excluding carboxylic acids is 1. The summed E-state index contributed by atoms with van der Waals surface area (Å²) < 4.78 is 1.83. The molecule has 1 aromatic carbocycles. The summed E-state index contributed by atoms with van der Waals surface area (Å²) in [6.45, 7) is 2.80. The molecule has 7 heteroatoms. The summed E-state index contributed by atoms with van der Waals surface area (Å²) in [4.78, 5) is 12.1. The van der Waals surface area contributed by atoms with Crippen molar-refractivity contribution in [1.82, 2.24) is 25.5 Å². The molecule has 1 unspecified atom stereocenters. The summed E-state index contributed by atoms with van der Waals surface area (Å²) in [5.74, 6) is 0.717. The number of hydrogen-bond donors (Lipinski definition) is 1. The maximum atomic E-state index is 12.1. The lowest BCUT2D eigenvalue weighted by molar-refractivity contribution is -0.118. The van der Waals surface area contributed by atoms with Gasteiger partial charge < -0.3 is 5.32 Å². The average molecular weight is 331 g/mol. The monoisotopic (exact) mass is 331 g/mol. The van der Waals surface area contributed by atoms with Gasteiger partial charge in [0, 0.05) is 12.5 Å². The van der Waals surface area contributed by atoms with Crippen molar-refractivity contribution in [2.75, 3.05) is 12.3 Å². The lowest BCUT2D eigenvalue weighted by Gasteiger charge is -2.16. The first kappa shape index (κ1) is 16.0. The molecular weight excluding hydrogens is 310 g/mol. The van der Waals surface area contributed by atoms with Gasteiger partial charge in [-0.15, -0.1) is 5.10 Å². The molecule has 1 heterocycles. The first-order chi connectivity index (χ1) is 11.3. The smallest absolute Gasteiger partial charge is 0.230 e. The second-order valence-corrected chi connectivity index (χ2v) is 6.69. The van der Waals surface area contributed by atoms with Gasteiger partial charge in [-0.25, -0.2) is 4.68 Å². The summed E-state index contributed by atoms with van der Waals surface area (Å²) in [7, 11) is 0. The Hall–Kier alpha value is -1.89. The third kappa shape index (κ3) is 4.31. The zero-order valence-electron chi connectivity index (χ0n) is 13.2. The van der Waals surface area contributed by atoms with E-state index in [1.807, 2.05) is 22.9 Å². The first-order valence-corrected chi connectivity index (χ1v) is 8.98. The molecule has 0 spiro atoms. The molecule has 1 aliphatic rings. The predicted molar refractivity (Wildman–Crippen MR) is 89.3 cm³/mol. The Labute approximate surface area is 140 Å². The van der Waals surface area contributed by atoms with E-state index in [1.165, 1.54) is 17.3 Å². The third-order valence-electron chi connectivity index (χ3n) is 4.00. The van der Waals surface area contributed by atoms with Crippen LogP contribution in [0, 0.1) is 0 Å². The average Bonchev–Trinajstić information content (AvgIpc) is 3.32.